The molecule has 0 bridgehead atoms. The minimum atomic E-state index is -0.583. The van der Waals surface area contributed by atoms with Crippen LogP contribution in [0.5, 0.6) is 0 Å². The second-order valence-electron chi connectivity index (χ2n) is 3.80. The fourth-order valence-corrected chi connectivity index (χ4v) is 1.53. The van der Waals surface area contributed by atoms with Gasteiger partial charge in [0.2, 0.25) is 11.7 Å². The molecule has 20 heavy (non-hydrogen) atoms. The number of halogens is 1. The summed E-state index contributed by atoms with van der Waals surface area (Å²) in [7, 11) is 1.54. The first kappa shape index (κ1) is 16.1. The highest BCUT2D eigenvalue weighted by atomic mass is 35.5. The van der Waals surface area contributed by atoms with Crippen LogP contribution in [0.2, 0.25) is 5.02 Å². The average Bonchev–Trinajstić information content (AvgIpc) is 2.40. The average molecular weight is 303 g/mol. The number of carbonyl (C=O) groups is 1. The molecule has 0 spiro atoms. The first-order valence-electron chi connectivity index (χ1n) is 5.84. The van der Waals surface area contributed by atoms with Gasteiger partial charge in [-0.25, -0.2) is 4.98 Å². The second kappa shape index (κ2) is 8.28. The lowest BCUT2D eigenvalue weighted by Gasteiger charge is -2.07. The molecule has 0 aromatic carbocycles. The van der Waals surface area contributed by atoms with Crippen LogP contribution in [0, 0.1) is 10.1 Å². The highest BCUT2D eigenvalue weighted by Crippen LogP contribution is 2.24. The number of pyridine rings is 1. The number of hydrogen-bond donors (Lipinski definition) is 2. The minimum absolute atomic E-state index is 0.0871. The SMILES string of the molecule is COCCNC(=O)CCNc1ncc(Cl)cc1[N+](=O)[O-]. The normalized spacial score (nSPS) is 10.1. The number of rotatable bonds is 8. The number of aromatic nitrogens is 1. The summed E-state index contributed by atoms with van der Waals surface area (Å²) in [4.78, 5) is 25.5. The van der Waals surface area contributed by atoms with Crippen molar-refractivity contribution in [2.75, 3.05) is 32.1 Å². The van der Waals surface area contributed by atoms with E-state index in [0.29, 0.717) is 13.2 Å². The summed E-state index contributed by atoms with van der Waals surface area (Å²) in [5, 5.41) is 16.4. The molecule has 8 nitrogen and oxygen atoms in total. The Balaban J connectivity index is 2.46. The van der Waals surface area contributed by atoms with E-state index in [0.717, 1.165) is 0 Å². The third-order valence-electron chi connectivity index (χ3n) is 2.30. The smallest absolute Gasteiger partial charge is 0.312 e. The maximum Gasteiger partial charge on any atom is 0.312 e. The van der Waals surface area contributed by atoms with Crippen molar-refractivity contribution in [2.45, 2.75) is 6.42 Å². The summed E-state index contributed by atoms with van der Waals surface area (Å²) < 4.78 is 4.79. The van der Waals surface area contributed by atoms with E-state index in [1.54, 1.807) is 7.11 Å². The Morgan fingerprint density at radius 1 is 1.55 bits per heavy atom. The summed E-state index contributed by atoms with van der Waals surface area (Å²) in [6, 6.07) is 1.20. The molecule has 1 aromatic rings. The number of amides is 1. The van der Waals surface area contributed by atoms with Crippen LogP contribution < -0.4 is 10.6 Å². The molecule has 1 amide bonds. The number of methoxy groups -OCH3 is 1. The molecule has 2 N–H and O–H groups in total. The Morgan fingerprint density at radius 3 is 2.95 bits per heavy atom. The Bertz CT molecular complexity index is 483. The van der Waals surface area contributed by atoms with Gasteiger partial charge in [-0.1, -0.05) is 11.6 Å². The summed E-state index contributed by atoms with van der Waals surface area (Å²) in [6.07, 6.45) is 1.47. The summed E-state index contributed by atoms with van der Waals surface area (Å²) >= 11 is 5.65. The molecule has 110 valence electrons. The zero-order chi connectivity index (χ0) is 15.0. The fourth-order valence-electron chi connectivity index (χ4n) is 1.38. The molecule has 9 heteroatoms. The lowest BCUT2D eigenvalue weighted by atomic mass is 10.3. The molecule has 0 saturated heterocycles. The van der Waals surface area contributed by atoms with E-state index in [1.165, 1.54) is 12.3 Å². The molecular weight excluding hydrogens is 288 g/mol. The van der Waals surface area contributed by atoms with E-state index >= 15 is 0 Å². The topological polar surface area (TPSA) is 106 Å². The van der Waals surface area contributed by atoms with Crippen molar-refractivity contribution in [2.24, 2.45) is 0 Å². The third kappa shape index (κ3) is 5.37. The number of nitrogens with zero attached hydrogens (tertiary/aromatic N) is 2. The Labute approximate surface area is 120 Å². The van der Waals surface area contributed by atoms with Crippen LogP contribution in [0.25, 0.3) is 0 Å². The van der Waals surface area contributed by atoms with Gasteiger partial charge in [-0.15, -0.1) is 0 Å². The van der Waals surface area contributed by atoms with Crippen LogP contribution >= 0.6 is 11.6 Å². The number of ether oxygens (including phenoxy) is 1. The predicted octanol–water partition coefficient (Wildman–Crippen LogP) is 1.21. The molecule has 1 rings (SSSR count). The van der Waals surface area contributed by atoms with Gasteiger partial charge in [-0.2, -0.15) is 0 Å². The van der Waals surface area contributed by atoms with Gasteiger partial charge >= 0.3 is 5.69 Å². The lowest BCUT2D eigenvalue weighted by molar-refractivity contribution is -0.384. The maximum atomic E-state index is 11.4. The zero-order valence-corrected chi connectivity index (χ0v) is 11.6. The van der Waals surface area contributed by atoms with E-state index in [4.69, 9.17) is 16.3 Å². The van der Waals surface area contributed by atoms with Gasteiger partial charge in [-0.05, 0) is 0 Å². The molecule has 0 radical (unpaired) electrons. The Morgan fingerprint density at radius 2 is 2.30 bits per heavy atom. The number of carbonyl (C=O) groups excluding carboxylic acids is 1. The highest BCUT2D eigenvalue weighted by molar-refractivity contribution is 6.30. The summed E-state index contributed by atoms with van der Waals surface area (Å²) in [6.45, 7) is 1.09. The van der Waals surface area contributed by atoms with Gasteiger partial charge in [0.05, 0.1) is 16.6 Å². The predicted molar refractivity (Wildman–Crippen MR) is 73.9 cm³/mol. The molecule has 0 unspecified atom stereocenters. The van der Waals surface area contributed by atoms with Crippen LogP contribution in [0.15, 0.2) is 12.3 Å². The summed E-state index contributed by atoms with van der Waals surface area (Å²) in [5.74, 6) is -0.0877. The molecule has 0 fully saturated rings. The van der Waals surface area contributed by atoms with Gasteiger partial charge in [-0.3, -0.25) is 14.9 Å². The van der Waals surface area contributed by atoms with Crippen molar-refractivity contribution in [1.29, 1.82) is 0 Å². The van der Waals surface area contributed by atoms with E-state index in [-0.39, 0.29) is 35.4 Å². The molecule has 1 heterocycles. The summed E-state index contributed by atoms with van der Waals surface area (Å²) in [5.41, 5.74) is -0.225. The van der Waals surface area contributed by atoms with Gasteiger partial charge in [0.1, 0.15) is 0 Å². The van der Waals surface area contributed by atoms with E-state index in [9.17, 15) is 14.9 Å². The molecular formula is C11H15ClN4O4. The van der Waals surface area contributed by atoms with Crippen molar-refractivity contribution in [3.63, 3.8) is 0 Å². The third-order valence-corrected chi connectivity index (χ3v) is 2.51. The molecule has 0 atom stereocenters. The number of nitrogens with one attached hydrogen (secondary N) is 2. The zero-order valence-electron chi connectivity index (χ0n) is 10.9. The van der Waals surface area contributed by atoms with E-state index in [1.807, 2.05) is 0 Å². The molecule has 0 aliphatic carbocycles. The Hall–Kier alpha value is -1.93. The Kier molecular flexibility index (Phi) is 6.68. The van der Waals surface area contributed by atoms with Crippen LogP contribution in [0.3, 0.4) is 0 Å². The van der Waals surface area contributed by atoms with Crippen LogP contribution in [0.1, 0.15) is 6.42 Å². The largest absolute Gasteiger partial charge is 0.383 e. The van der Waals surface area contributed by atoms with E-state index < -0.39 is 4.92 Å². The first-order valence-corrected chi connectivity index (χ1v) is 6.22. The minimum Gasteiger partial charge on any atom is -0.383 e. The fraction of sp³-hybridized carbons (Fsp3) is 0.455. The standard InChI is InChI=1S/C11H15ClN4O4/c1-20-5-4-13-10(17)2-3-14-11-9(16(18)19)6-8(12)7-15-11/h6-7H,2-5H2,1H3,(H,13,17)(H,14,15). The van der Waals surface area contributed by atoms with Crippen molar-refractivity contribution in [1.82, 2.24) is 10.3 Å². The van der Waals surface area contributed by atoms with Crippen LogP contribution in [-0.4, -0.2) is 42.6 Å². The molecule has 0 aliphatic rings. The van der Waals surface area contributed by atoms with E-state index in [2.05, 4.69) is 15.6 Å². The van der Waals surface area contributed by atoms with Crippen molar-refractivity contribution < 1.29 is 14.5 Å². The van der Waals surface area contributed by atoms with Crippen molar-refractivity contribution >= 4 is 29.0 Å². The van der Waals surface area contributed by atoms with Crippen LogP contribution in [-0.2, 0) is 9.53 Å². The van der Waals surface area contributed by atoms with Crippen molar-refractivity contribution in [3.8, 4) is 0 Å². The molecule has 0 aliphatic heterocycles. The number of anilines is 1. The first-order chi connectivity index (χ1) is 9.54. The second-order valence-corrected chi connectivity index (χ2v) is 4.23. The van der Waals surface area contributed by atoms with Gasteiger partial charge in [0.15, 0.2) is 0 Å². The monoisotopic (exact) mass is 302 g/mol. The molecule has 1 aromatic heterocycles. The van der Waals surface area contributed by atoms with Gasteiger partial charge in [0.25, 0.3) is 0 Å². The van der Waals surface area contributed by atoms with Crippen molar-refractivity contribution in [3.05, 3.63) is 27.4 Å². The number of hydrogen-bond acceptors (Lipinski definition) is 6. The quantitative estimate of drug-likeness (QED) is 0.424. The maximum absolute atomic E-state index is 11.4. The molecule has 0 saturated carbocycles. The highest BCUT2D eigenvalue weighted by Gasteiger charge is 2.15. The van der Waals surface area contributed by atoms with Crippen LogP contribution in [0.4, 0.5) is 11.5 Å². The van der Waals surface area contributed by atoms with Gasteiger partial charge < -0.3 is 15.4 Å². The van der Waals surface area contributed by atoms with Gasteiger partial charge in [0, 0.05) is 38.9 Å². The lowest BCUT2D eigenvalue weighted by Crippen LogP contribution is -2.28. The number of nitro groups is 1.